The molecule has 4 rings (SSSR count). The van der Waals surface area contributed by atoms with Gasteiger partial charge in [0.1, 0.15) is 36.2 Å². The van der Waals surface area contributed by atoms with Crippen molar-refractivity contribution in [2.75, 3.05) is 13.2 Å². The van der Waals surface area contributed by atoms with Crippen LogP contribution in [-0.4, -0.2) is 37.1 Å². The van der Waals surface area contributed by atoms with E-state index in [0.717, 1.165) is 36.8 Å². The van der Waals surface area contributed by atoms with Gasteiger partial charge in [-0.15, -0.1) is 13.2 Å². The van der Waals surface area contributed by atoms with Gasteiger partial charge >= 0.3 is 23.9 Å². The fourth-order valence-electron chi connectivity index (χ4n) is 5.60. The van der Waals surface area contributed by atoms with Crippen LogP contribution in [0.5, 0.6) is 23.0 Å². The van der Waals surface area contributed by atoms with Gasteiger partial charge in [-0.2, -0.15) is 0 Å². The molecule has 0 heterocycles. The largest absolute Gasteiger partial charge is 0.494 e. The summed E-state index contributed by atoms with van der Waals surface area (Å²) in [7, 11) is 0. The smallest absolute Gasteiger partial charge is 0.339 e. The molecule has 0 spiro atoms. The zero-order chi connectivity index (χ0) is 39.0. The predicted molar refractivity (Wildman–Crippen MR) is 205 cm³/mol. The van der Waals surface area contributed by atoms with E-state index in [1.165, 1.54) is 26.0 Å². The Morgan fingerprint density at radius 3 is 1.26 bits per heavy atom. The molecule has 0 aliphatic carbocycles. The first-order valence-electron chi connectivity index (χ1n) is 17.6. The molecule has 0 radical (unpaired) electrons. The van der Waals surface area contributed by atoms with Crippen molar-refractivity contribution in [3.8, 4) is 34.1 Å². The minimum absolute atomic E-state index is 0.0505. The maximum Gasteiger partial charge on any atom is 0.339 e. The summed E-state index contributed by atoms with van der Waals surface area (Å²) < 4.78 is 33.8. The van der Waals surface area contributed by atoms with Gasteiger partial charge in [-0.3, -0.25) is 9.59 Å². The van der Waals surface area contributed by atoms with Crippen molar-refractivity contribution < 1.29 is 47.6 Å². The monoisotopic (exact) mass is 734 g/mol. The SMILES string of the molecule is C=CCCCOc1ccc(COC(=O)c2cc(OC(C)=O)cc(C)c2-c2c(C)cc(OC(C)=O)cc2C(=O)OCc2ccc(OCCCC=C)cc2)cc1. The molecule has 0 aliphatic heterocycles. The molecule has 0 fully saturated rings. The molecule has 0 unspecified atom stereocenters. The minimum atomic E-state index is -0.721. The van der Waals surface area contributed by atoms with E-state index in [2.05, 4.69) is 13.2 Å². The molecular formula is C44H46O10. The summed E-state index contributed by atoms with van der Waals surface area (Å²) in [5.74, 6) is -0.968. The molecule has 0 bridgehead atoms. The van der Waals surface area contributed by atoms with Gasteiger partial charge in [-0.1, -0.05) is 36.4 Å². The molecule has 0 amide bonds. The van der Waals surface area contributed by atoms with Crippen LogP contribution in [-0.2, 0) is 32.3 Å². The van der Waals surface area contributed by atoms with Gasteiger partial charge in [-0.05, 0) is 110 Å². The lowest BCUT2D eigenvalue weighted by Crippen LogP contribution is -2.14. The molecule has 4 aromatic rings. The zero-order valence-corrected chi connectivity index (χ0v) is 31.2. The van der Waals surface area contributed by atoms with Crippen molar-refractivity contribution in [2.24, 2.45) is 0 Å². The van der Waals surface area contributed by atoms with E-state index in [4.69, 9.17) is 28.4 Å². The van der Waals surface area contributed by atoms with Crippen LogP contribution in [0.15, 0.2) is 98.1 Å². The van der Waals surface area contributed by atoms with Crippen LogP contribution in [0.25, 0.3) is 11.1 Å². The Bertz CT molecular complexity index is 1820. The van der Waals surface area contributed by atoms with E-state index in [1.54, 1.807) is 74.5 Å². The first-order valence-corrected chi connectivity index (χ1v) is 17.6. The Balaban J connectivity index is 1.65. The number of aryl methyl sites for hydroxylation is 2. The van der Waals surface area contributed by atoms with Crippen molar-refractivity contribution in [1.29, 1.82) is 0 Å². The van der Waals surface area contributed by atoms with E-state index in [9.17, 15) is 19.2 Å². The number of rotatable bonds is 19. The summed E-state index contributed by atoms with van der Waals surface area (Å²) in [5.41, 5.74) is 3.28. The van der Waals surface area contributed by atoms with Gasteiger partial charge in [0.05, 0.1) is 24.3 Å². The highest BCUT2D eigenvalue weighted by Gasteiger charge is 2.27. The van der Waals surface area contributed by atoms with Crippen LogP contribution < -0.4 is 18.9 Å². The van der Waals surface area contributed by atoms with Crippen molar-refractivity contribution in [3.63, 3.8) is 0 Å². The third-order valence-electron chi connectivity index (χ3n) is 8.06. The van der Waals surface area contributed by atoms with Gasteiger partial charge in [0.15, 0.2) is 0 Å². The molecule has 0 saturated carbocycles. The Morgan fingerprint density at radius 2 is 0.926 bits per heavy atom. The fourth-order valence-corrected chi connectivity index (χ4v) is 5.60. The molecule has 0 atom stereocenters. The van der Waals surface area contributed by atoms with E-state index in [-0.39, 0.29) is 35.8 Å². The first-order chi connectivity index (χ1) is 26.0. The van der Waals surface area contributed by atoms with Gasteiger partial charge in [0.25, 0.3) is 0 Å². The van der Waals surface area contributed by atoms with Gasteiger partial charge < -0.3 is 28.4 Å². The third kappa shape index (κ3) is 11.9. The van der Waals surface area contributed by atoms with Crippen molar-refractivity contribution in [3.05, 3.63) is 131 Å². The number of allylic oxidation sites excluding steroid dienone is 2. The number of benzene rings is 4. The van der Waals surface area contributed by atoms with Crippen LogP contribution in [0, 0.1) is 13.8 Å². The molecular weight excluding hydrogens is 688 g/mol. The molecule has 54 heavy (non-hydrogen) atoms. The molecule has 10 heteroatoms. The molecule has 0 saturated heterocycles. The molecule has 0 N–H and O–H groups in total. The quantitative estimate of drug-likeness (QED) is 0.0399. The summed E-state index contributed by atoms with van der Waals surface area (Å²) in [6.45, 7) is 14.4. The maximum absolute atomic E-state index is 13.9. The standard InChI is InChI=1S/C44H46O10/c1-7-9-11-21-49-35-17-13-33(14-18-35)27-51-43(47)39-25-37(53-31(5)45)23-29(3)41(39)42-30(4)24-38(54-32(6)46)26-40(42)44(48)52-28-34-15-19-36(20-16-34)50-22-12-10-8-2/h7-8,13-20,23-26H,1-2,9-12,21-22,27-28H2,3-6H3. The molecule has 4 aromatic carbocycles. The maximum atomic E-state index is 13.9. The topological polar surface area (TPSA) is 124 Å². The highest BCUT2D eigenvalue weighted by molar-refractivity contribution is 6.05. The Kier molecular flexibility index (Phi) is 15.2. The third-order valence-corrected chi connectivity index (χ3v) is 8.06. The number of hydrogen-bond acceptors (Lipinski definition) is 10. The van der Waals surface area contributed by atoms with Crippen molar-refractivity contribution >= 4 is 23.9 Å². The first kappa shape index (κ1) is 40.6. The molecule has 10 nitrogen and oxygen atoms in total. The number of unbranched alkanes of at least 4 members (excludes halogenated alkanes) is 2. The molecule has 0 aromatic heterocycles. The second-order valence-corrected chi connectivity index (χ2v) is 12.5. The molecule has 0 aliphatic rings. The normalized spacial score (nSPS) is 10.5. The number of ether oxygens (including phenoxy) is 6. The van der Waals surface area contributed by atoms with E-state index >= 15 is 0 Å². The lowest BCUT2D eigenvalue weighted by atomic mass is 9.88. The van der Waals surface area contributed by atoms with Gasteiger partial charge in [0, 0.05) is 25.0 Å². The van der Waals surface area contributed by atoms with E-state index < -0.39 is 23.9 Å². The van der Waals surface area contributed by atoms with Crippen LogP contribution in [0.2, 0.25) is 0 Å². The summed E-state index contributed by atoms with van der Waals surface area (Å²) in [5, 5.41) is 0. The van der Waals surface area contributed by atoms with E-state index in [0.29, 0.717) is 47.0 Å². The predicted octanol–water partition coefficient (Wildman–Crippen LogP) is 9.23. The lowest BCUT2D eigenvalue weighted by molar-refractivity contribution is -0.132. The minimum Gasteiger partial charge on any atom is -0.494 e. The van der Waals surface area contributed by atoms with Gasteiger partial charge in [-0.25, -0.2) is 9.59 Å². The summed E-state index contributed by atoms with van der Waals surface area (Å²) in [4.78, 5) is 51.7. The Labute approximate surface area is 316 Å². The second kappa shape index (κ2) is 20.2. The van der Waals surface area contributed by atoms with Crippen LogP contribution in [0.1, 0.15) is 82.5 Å². The zero-order valence-electron chi connectivity index (χ0n) is 31.2. The number of carbonyl (C=O) groups excluding carboxylic acids is 4. The van der Waals surface area contributed by atoms with Crippen LogP contribution in [0.4, 0.5) is 0 Å². The Hall–Kier alpha value is -6.16. The number of hydrogen-bond donors (Lipinski definition) is 0. The average Bonchev–Trinajstić information content (AvgIpc) is 3.13. The van der Waals surface area contributed by atoms with Crippen LogP contribution in [0.3, 0.4) is 0 Å². The van der Waals surface area contributed by atoms with Crippen molar-refractivity contribution in [1.82, 2.24) is 0 Å². The summed E-state index contributed by atoms with van der Waals surface area (Å²) >= 11 is 0. The summed E-state index contributed by atoms with van der Waals surface area (Å²) in [6, 6.07) is 20.4. The number of carbonyl (C=O) groups is 4. The highest BCUT2D eigenvalue weighted by atomic mass is 16.5. The second-order valence-electron chi connectivity index (χ2n) is 12.5. The fraction of sp³-hybridized carbons (Fsp3) is 0.273. The Morgan fingerprint density at radius 1 is 0.556 bits per heavy atom. The highest BCUT2D eigenvalue weighted by Crippen LogP contribution is 2.39. The van der Waals surface area contributed by atoms with Crippen LogP contribution >= 0.6 is 0 Å². The average molecular weight is 735 g/mol. The van der Waals surface area contributed by atoms with E-state index in [1.807, 2.05) is 12.2 Å². The van der Waals surface area contributed by atoms with Crippen molar-refractivity contribution in [2.45, 2.75) is 66.6 Å². The molecule has 282 valence electrons. The van der Waals surface area contributed by atoms with Gasteiger partial charge in [0.2, 0.25) is 0 Å². The number of esters is 4. The summed E-state index contributed by atoms with van der Waals surface area (Å²) in [6.07, 6.45) is 7.09. The lowest BCUT2D eigenvalue weighted by Gasteiger charge is -2.20.